The zero-order valence-corrected chi connectivity index (χ0v) is 16.0. The molecule has 0 bridgehead atoms. The minimum Gasteiger partial charge on any atom is -0.310 e. The average molecular weight is 405 g/mol. The van der Waals surface area contributed by atoms with Crippen LogP contribution in [0, 0.1) is 5.82 Å². The van der Waals surface area contributed by atoms with Crippen molar-refractivity contribution in [1.29, 1.82) is 0 Å². The predicted molar refractivity (Wildman–Crippen MR) is 110 cm³/mol. The van der Waals surface area contributed by atoms with Gasteiger partial charge in [0, 0.05) is 17.4 Å². The molecule has 4 aromatic rings. The van der Waals surface area contributed by atoms with Crippen LogP contribution in [0.3, 0.4) is 0 Å². The molecule has 1 amide bonds. The van der Waals surface area contributed by atoms with Gasteiger partial charge in [0.05, 0.1) is 5.75 Å². The van der Waals surface area contributed by atoms with Gasteiger partial charge in [0.1, 0.15) is 11.6 Å². The summed E-state index contributed by atoms with van der Waals surface area (Å²) in [6.45, 7) is 0. The monoisotopic (exact) mass is 405 g/mol. The van der Waals surface area contributed by atoms with Gasteiger partial charge in [-0.05, 0) is 48.5 Å². The van der Waals surface area contributed by atoms with Crippen molar-refractivity contribution in [3.8, 4) is 17.1 Å². The fourth-order valence-electron chi connectivity index (χ4n) is 2.70. The minimum atomic E-state index is -0.319. The van der Waals surface area contributed by atoms with Crippen molar-refractivity contribution in [1.82, 2.24) is 19.7 Å². The number of amides is 1. The highest BCUT2D eigenvalue weighted by molar-refractivity contribution is 7.99. The first-order valence-electron chi connectivity index (χ1n) is 8.81. The number of nitrogens with zero attached hydrogens (tertiary/aromatic N) is 4. The number of aromatic nitrogens is 4. The van der Waals surface area contributed by atoms with Crippen LogP contribution in [0.5, 0.6) is 0 Å². The predicted octanol–water partition coefficient (Wildman–Crippen LogP) is 4.20. The maximum Gasteiger partial charge on any atom is 0.236 e. The molecule has 2 aromatic heterocycles. The van der Waals surface area contributed by atoms with Gasteiger partial charge in [-0.3, -0.25) is 9.36 Å². The normalized spacial score (nSPS) is 10.7. The van der Waals surface area contributed by atoms with Crippen molar-refractivity contribution >= 4 is 23.5 Å². The Hall–Kier alpha value is -3.52. The molecular weight excluding hydrogens is 389 g/mol. The van der Waals surface area contributed by atoms with E-state index in [-0.39, 0.29) is 17.5 Å². The zero-order chi connectivity index (χ0) is 20.1. The molecule has 1 N–H and O–H groups in total. The van der Waals surface area contributed by atoms with Crippen LogP contribution in [-0.2, 0) is 4.79 Å². The van der Waals surface area contributed by atoms with Gasteiger partial charge in [-0.15, -0.1) is 10.2 Å². The molecule has 6 nitrogen and oxygen atoms in total. The van der Waals surface area contributed by atoms with E-state index in [1.54, 1.807) is 36.5 Å². The van der Waals surface area contributed by atoms with E-state index in [0.29, 0.717) is 16.8 Å². The number of para-hydroxylation sites is 1. The van der Waals surface area contributed by atoms with E-state index in [4.69, 9.17) is 0 Å². The first-order valence-corrected chi connectivity index (χ1v) is 9.80. The van der Waals surface area contributed by atoms with E-state index >= 15 is 0 Å². The van der Waals surface area contributed by atoms with Crippen molar-refractivity contribution in [2.45, 2.75) is 5.16 Å². The van der Waals surface area contributed by atoms with Crippen molar-refractivity contribution in [3.63, 3.8) is 0 Å². The molecule has 0 aliphatic heterocycles. The zero-order valence-electron chi connectivity index (χ0n) is 15.2. The van der Waals surface area contributed by atoms with Gasteiger partial charge in [-0.1, -0.05) is 36.0 Å². The third-order valence-corrected chi connectivity index (χ3v) is 4.94. The summed E-state index contributed by atoms with van der Waals surface area (Å²) < 4.78 is 15.2. The Morgan fingerprint density at radius 3 is 2.45 bits per heavy atom. The third-order valence-electron chi connectivity index (χ3n) is 4.01. The van der Waals surface area contributed by atoms with Crippen LogP contribution in [-0.4, -0.2) is 31.4 Å². The summed E-state index contributed by atoms with van der Waals surface area (Å²) in [6.07, 6.45) is 1.61. The second kappa shape index (κ2) is 8.66. The lowest BCUT2D eigenvalue weighted by Gasteiger charge is -2.10. The molecule has 2 heterocycles. The highest BCUT2D eigenvalue weighted by atomic mass is 32.2. The Balaban J connectivity index is 1.60. The lowest BCUT2D eigenvalue weighted by Crippen LogP contribution is -2.15. The number of rotatable bonds is 6. The standard InChI is InChI=1S/C21H16FN5OS/c22-16-11-9-15(10-12-16)20-25-26-21(27(20)17-6-2-1-3-7-17)29-14-19(28)24-18-8-4-5-13-23-18/h1-13H,14H2,(H,23,24,28). The second-order valence-electron chi connectivity index (χ2n) is 6.04. The number of carbonyl (C=O) groups excluding carboxylic acids is 1. The largest absolute Gasteiger partial charge is 0.310 e. The Morgan fingerprint density at radius 1 is 0.966 bits per heavy atom. The first kappa shape index (κ1) is 18.8. The third kappa shape index (κ3) is 4.49. The fourth-order valence-corrected chi connectivity index (χ4v) is 3.46. The van der Waals surface area contributed by atoms with Gasteiger partial charge in [0.2, 0.25) is 5.91 Å². The number of hydrogen-bond donors (Lipinski definition) is 1. The van der Waals surface area contributed by atoms with E-state index in [1.165, 1.54) is 23.9 Å². The van der Waals surface area contributed by atoms with Crippen molar-refractivity contribution in [2.24, 2.45) is 0 Å². The van der Waals surface area contributed by atoms with Crippen LogP contribution in [0.15, 0.2) is 84.1 Å². The Morgan fingerprint density at radius 2 is 1.72 bits per heavy atom. The Labute approximate surface area is 170 Å². The maximum absolute atomic E-state index is 13.3. The number of halogens is 1. The van der Waals surface area contributed by atoms with Crippen molar-refractivity contribution < 1.29 is 9.18 Å². The Bertz CT molecular complexity index is 1100. The van der Waals surface area contributed by atoms with E-state index in [1.807, 2.05) is 34.9 Å². The fraction of sp³-hybridized carbons (Fsp3) is 0.0476. The summed E-state index contributed by atoms with van der Waals surface area (Å²) >= 11 is 1.26. The molecule has 0 spiro atoms. The number of pyridine rings is 1. The minimum absolute atomic E-state index is 0.144. The highest BCUT2D eigenvalue weighted by Gasteiger charge is 2.17. The number of carbonyl (C=O) groups is 1. The number of hydrogen-bond acceptors (Lipinski definition) is 5. The lowest BCUT2D eigenvalue weighted by atomic mass is 10.2. The molecule has 0 saturated carbocycles. The van der Waals surface area contributed by atoms with Gasteiger partial charge in [-0.2, -0.15) is 0 Å². The summed E-state index contributed by atoms with van der Waals surface area (Å²) in [4.78, 5) is 16.4. The summed E-state index contributed by atoms with van der Waals surface area (Å²) in [6, 6.07) is 21.0. The molecule has 0 radical (unpaired) electrons. The van der Waals surface area contributed by atoms with Crippen LogP contribution in [0.25, 0.3) is 17.1 Å². The van der Waals surface area contributed by atoms with Crippen LogP contribution in [0.2, 0.25) is 0 Å². The molecule has 8 heteroatoms. The van der Waals surface area contributed by atoms with Crippen molar-refractivity contribution in [2.75, 3.05) is 11.1 Å². The second-order valence-corrected chi connectivity index (χ2v) is 6.98. The van der Waals surface area contributed by atoms with Crippen molar-refractivity contribution in [3.05, 3.63) is 84.8 Å². The van der Waals surface area contributed by atoms with Gasteiger partial charge < -0.3 is 5.32 Å². The molecule has 4 rings (SSSR count). The summed E-state index contributed by atoms with van der Waals surface area (Å²) in [7, 11) is 0. The summed E-state index contributed by atoms with van der Waals surface area (Å²) in [5, 5.41) is 11.8. The molecule has 0 atom stereocenters. The summed E-state index contributed by atoms with van der Waals surface area (Å²) in [5.74, 6) is 0.698. The molecule has 0 fully saturated rings. The number of nitrogens with one attached hydrogen (secondary N) is 1. The average Bonchev–Trinajstić information content (AvgIpc) is 3.18. The number of thioether (sulfide) groups is 1. The van der Waals surface area contributed by atoms with Gasteiger partial charge in [0.25, 0.3) is 0 Å². The molecule has 29 heavy (non-hydrogen) atoms. The molecular formula is C21H16FN5OS. The Kier molecular flexibility index (Phi) is 5.62. The SMILES string of the molecule is O=C(CSc1nnc(-c2ccc(F)cc2)n1-c1ccccc1)Nc1ccccn1. The molecule has 0 aliphatic carbocycles. The molecule has 0 aliphatic rings. The van der Waals surface area contributed by atoms with Crippen LogP contribution < -0.4 is 5.32 Å². The van der Waals surface area contributed by atoms with Gasteiger partial charge in [-0.25, -0.2) is 9.37 Å². The van der Waals surface area contributed by atoms with E-state index in [0.717, 1.165) is 11.3 Å². The van der Waals surface area contributed by atoms with E-state index in [9.17, 15) is 9.18 Å². The number of benzene rings is 2. The molecule has 2 aromatic carbocycles. The molecule has 0 saturated heterocycles. The first-order chi connectivity index (χ1) is 14.2. The topological polar surface area (TPSA) is 72.7 Å². The van der Waals surface area contributed by atoms with E-state index < -0.39 is 0 Å². The van der Waals surface area contributed by atoms with Gasteiger partial charge in [0.15, 0.2) is 11.0 Å². The van der Waals surface area contributed by atoms with E-state index in [2.05, 4.69) is 20.5 Å². The highest BCUT2D eigenvalue weighted by Crippen LogP contribution is 2.28. The smallest absolute Gasteiger partial charge is 0.236 e. The molecule has 0 unspecified atom stereocenters. The summed E-state index contributed by atoms with van der Waals surface area (Å²) in [5.41, 5.74) is 1.58. The number of anilines is 1. The van der Waals surface area contributed by atoms with Gasteiger partial charge >= 0.3 is 0 Å². The van der Waals surface area contributed by atoms with Crippen LogP contribution >= 0.6 is 11.8 Å². The quantitative estimate of drug-likeness (QED) is 0.487. The maximum atomic E-state index is 13.3. The lowest BCUT2D eigenvalue weighted by molar-refractivity contribution is -0.113. The van der Waals surface area contributed by atoms with Crippen LogP contribution in [0.1, 0.15) is 0 Å². The van der Waals surface area contributed by atoms with Crippen LogP contribution in [0.4, 0.5) is 10.2 Å². The molecule has 144 valence electrons.